The van der Waals surface area contributed by atoms with Crippen molar-refractivity contribution in [3.05, 3.63) is 71.3 Å². The third kappa shape index (κ3) is 9.25. The molecule has 0 saturated carbocycles. The number of carbonyl (C=O) groups is 2. The lowest BCUT2D eigenvalue weighted by Gasteiger charge is -2.07. The summed E-state index contributed by atoms with van der Waals surface area (Å²) < 4.78 is 10.6. The fraction of sp³-hybridized carbons (Fsp3) is 0.462. The van der Waals surface area contributed by atoms with E-state index in [1.165, 1.54) is 44.9 Å². The van der Waals surface area contributed by atoms with Crippen LogP contribution in [-0.4, -0.2) is 18.5 Å². The minimum atomic E-state index is -0.409. The molecule has 4 nitrogen and oxygen atoms in total. The van der Waals surface area contributed by atoms with E-state index in [0.717, 1.165) is 18.4 Å². The summed E-state index contributed by atoms with van der Waals surface area (Å²) in [5.41, 5.74) is 1.80. The molecule has 4 heteroatoms. The molecule has 0 amide bonds. The number of carbonyl (C=O) groups excluding carboxylic acids is 2. The number of benzene rings is 2. The molecule has 0 atom stereocenters. The van der Waals surface area contributed by atoms with Gasteiger partial charge in [-0.1, -0.05) is 88.6 Å². The molecule has 0 aromatic heterocycles. The number of rotatable bonds is 14. The first-order valence-corrected chi connectivity index (χ1v) is 11.2. The largest absolute Gasteiger partial charge is 0.462 e. The second-order valence-corrected chi connectivity index (χ2v) is 7.60. The number of ether oxygens (including phenoxy) is 2. The van der Waals surface area contributed by atoms with Crippen molar-refractivity contribution in [3.8, 4) is 0 Å². The summed E-state index contributed by atoms with van der Waals surface area (Å²) in [5.74, 6) is -0.757. The van der Waals surface area contributed by atoms with E-state index in [1.54, 1.807) is 24.3 Å². The normalized spacial score (nSPS) is 10.6. The second-order valence-electron chi connectivity index (χ2n) is 7.60. The molecule has 0 heterocycles. The van der Waals surface area contributed by atoms with Crippen LogP contribution in [0.1, 0.15) is 91.0 Å². The Kier molecular flexibility index (Phi) is 11.3. The second kappa shape index (κ2) is 14.4. The first kappa shape index (κ1) is 23.7. The maximum atomic E-state index is 12.1. The Morgan fingerprint density at radius 1 is 0.633 bits per heavy atom. The standard InChI is InChI=1S/C26H34O4/c1-2-3-4-5-6-7-8-9-13-20-29-25(27)23-16-18-24(19-17-23)26(28)30-21-22-14-11-10-12-15-22/h10-12,14-19H,2-9,13,20-21H2,1H3. The van der Waals surface area contributed by atoms with Crippen LogP contribution in [0.4, 0.5) is 0 Å². The minimum Gasteiger partial charge on any atom is -0.462 e. The van der Waals surface area contributed by atoms with E-state index >= 15 is 0 Å². The first-order chi connectivity index (χ1) is 14.7. The summed E-state index contributed by atoms with van der Waals surface area (Å²) >= 11 is 0. The minimum absolute atomic E-state index is 0.224. The van der Waals surface area contributed by atoms with Crippen LogP contribution in [0, 0.1) is 0 Å². The lowest BCUT2D eigenvalue weighted by atomic mass is 10.1. The summed E-state index contributed by atoms with van der Waals surface area (Å²) in [4.78, 5) is 24.3. The molecule has 0 spiro atoms. The van der Waals surface area contributed by atoms with E-state index in [1.807, 2.05) is 30.3 Å². The number of esters is 2. The molecular formula is C26H34O4. The van der Waals surface area contributed by atoms with E-state index < -0.39 is 5.97 Å². The number of hydrogen-bond donors (Lipinski definition) is 0. The molecule has 2 aromatic rings. The Morgan fingerprint density at radius 3 is 1.70 bits per heavy atom. The average Bonchev–Trinajstić information content (AvgIpc) is 2.79. The van der Waals surface area contributed by atoms with E-state index in [-0.39, 0.29) is 12.6 Å². The van der Waals surface area contributed by atoms with Gasteiger partial charge in [-0.3, -0.25) is 0 Å². The van der Waals surface area contributed by atoms with Gasteiger partial charge in [0.2, 0.25) is 0 Å². The van der Waals surface area contributed by atoms with Crippen molar-refractivity contribution in [1.29, 1.82) is 0 Å². The van der Waals surface area contributed by atoms with Crippen LogP contribution < -0.4 is 0 Å². The van der Waals surface area contributed by atoms with E-state index in [9.17, 15) is 9.59 Å². The van der Waals surface area contributed by atoms with Crippen molar-refractivity contribution in [2.75, 3.05) is 6.61 Å². The van der Waals surface area contributed by atoms with Gasteiger partial charge in [0.15, 0.2) is 0 Å². The van der Waals surface area contributed by atoms with Gasteiger partial charge in [-0.15, -0.1) is 0 Å². The maximum Gasteiger partial charge on any atom is 0.338 e. The third-order valence-electron chi connectivity index (χ3n) is 5.05. The molecule has 0 unspecified atom stereocenters. The molecule has 0 aliphatic rings. The Labute approximate surface area is 180 Å². The summed E-state index contributed by atoms with van der Waals surface area (Å²) in [6.07, 6.45) is 11.1. The Bertz CT molecular complexity index is 737. The summed E-state index contributed by atoms with van der Waals surface area (Å²) in [5, 5.41) is 0. The lowest BCUT2D eigenvalue weighted by Crippen LogP contribution is -2.08. The first-order valence-electron chi connectivity index (χ1n) is 11.2. The molecule has 0 aliphatic heterocycles. The number of hydrogen-bond acceptors (Lipinski definition) is 4. The predicted molar refractivity (Wildman–Crippen MR) is 120 cm³/mol. The van der Waals surface area contributed by atoms with Crippen molar-refractivity contribution in [1.82, 2.24) is 0 Å². The van der Waals surface area contributed by atoms with E-state index in [0.29, 0.717) is 17.7 Å². The molecule has 0 fully saturated rings. The average molecular weight is 411 g/mol. The third-order valence-corrected chi connectivity index (χ3v) is 5.05. The van der Waals surface area contributed by atoms with E-state index in [2.05, 4.69) is 6.92 Å². The van der Waals surface area contributed by atoms with Crippen molar-refractivity contribution >= 4 is 11.9 Å². The van der Waals surface area contributed by atoms with Gasteiger partial charge in [0, 0.05) is 0 Å². The highest BCUT2D eigenvalue weighted by molar-refractivity contribution is 5.93. The van der Waals surface area contributed by atoms with E-state index in [4.69, 9.17) is 9.47 Å². The SMILES string of the molecule is CCCCCCCCCCCOC(=O)c1ccc(C(=O)OCc2ccccc2)cc1. The van der Waals surface area contributed by atoms with Gasteiger partial charge >= 0.3 is 11.9 Å². The van der Waals surface area contributed by atoms with Gasteiger partial charge < -0.3 is 9.47 Å². The zero-order valence-electron chi connectivity index (χ0n) is 18.1. The zero-order chi connectivity index (χ0) is 21.4. The highest BCUT2D eigenvalue weighted by Crippen LogP contribution is 2.12. The topological polar surface area (TPSA) is 52.6 Å². The fourth-order valence-electron chi connectivity index (χ4n) is 3.21. The van der Waals surface area contributed by atoms with Gasteiger partial charge in [-0.05, 0) is 36.2 Å². The lowest BCUT2D eigenvalue weighted by molar-refractivity contribution is 0.0466. The van der Waals surface area contributed by atoms with Crippen LogP contribution in [0.25, 0.3) is 0 Å². The molecule has 2 aromatic carbocycles. The zero-order valence-corrected chi connectivity index (χ0v) is 18.1. The van der Waals surface area contributed by atoms with Gasteiger partial charge in [0.1, 0.15) is 6.61 Å². The van der Waals surface area contributed by atoms with Gasteiger partial charge in [-0.25, -0.2) is 9.59 Å². The molecule has 0 N–H and O–H groups in total. The van der Waals surface area contributed by atoms with Crippen molar-refractivity contribution in [2.24, 2.45) is 0 Å². The van der Waals surface area contributed by atoms with Gasteiger partial charge in [0.05, 0.1) is 17.7 Å². The highest BCUT2D eigenvalue weighted by atomic mass is 16.5. The van der Waals surface area contributed by atoms with Crippen molar-refractivity contribution < 1.29 is 19.1 Å². The molecule has 2 rings (SSSR count). The van der Waals surface area contributed by atoms with Crippen LogP contribution in [0.3, 0.4) is 0 Å². The molecule has 0 radical (unpaired) electrons. The summed E-state index contributed by atoms with van der Waals surface area (Å²) in [7, 11) is 0. The molecule has 0 bridgehead atoms. The fourth-order valence-corrected chi connectivity index (χ4v) is 3.21. The Hall–Kier alpha value is -2.62. The maximum absolute atomic E-state index is 12.1. The smallest absolute Gasteiger partial charge is 0.338 e. The van der Waals surface area contributed by atoms with Crippen LogP contribution in [0.2, 0.25) is 0 Å². The van der Waals surface area contributed by atoms with Crippen molar-refractivity contribution in [3.63, 3.8) is 0 Å². The summed E-state index contributed by atoms with van der Waals surface area (Å²) in [6, 6.07) is 15.9. The Balaban J connectivity index is 1.60. The molecule has 0 aliphatic carbocycles. The van der Waals surface area contributed by atoms with Gasteiger partial charge in [-0.2, -0.15) is 0 Å². The predicted octanol–water partition coefficient (Wildman–Crippen LogP) is 6.73. The monoisotopic (exact) mass is 410 g/mol. The van der Waals surface area contributed by atoms with Crippen molar-refractivity contribution in [2.45, 2.75) is 71.3 Å². The van der Waals surface area contributed by atoms with Crippen LogP contribution in [0.15, 0.2) is 54.6 Å². The highest BCUT2D eigenvalue weighted by Gasteiger charge is 2.11. The van der Waals surface area contributed by atoms with Gasteiger partial charge in [0.25, 0.3) is 0 Å². The van der Waals surface area contributed by atoms with Crippen LogP contribution in [-0.2, 0) is 16.1 Å². The molecule has 30 heavy (non-hydrogen) atoms. The van der Waals surface area contributed by atoms with Crippen LogP contribution in [0.5, 0.6) is 0 Å². The molecular weight excluding hydrogens is 376 g/mol. The van der Waals surface area contributed by atoms with Crippen LogP contribution >= 0.6 is 0 Å². The molecule has 0 saturated heterocycles. The number of unbranched alkanes of at least 4 members (excludes halogenated alkanes) is 8. The summed E-state index contributed by atoms with van der Waals surface area (Å²) in [6.45, 7) is 2.90. The Morgan fingerprint density at radius 2 is 1.13 bits per heavy atom. The molecule has 162 valence electrons. The quantitative estimate of drug-likeness (QED) is 0.256.